The van der Waals surface area contributed by atoms with Gasteiger partial charge in [0.1, 0.15) is 0 Å². The second kappa shape index (κ2) is 5.05. The zero-order valence-corrected chi connectivity index (χ0v) is 10.3. The van der Waals surface area contributed by atoms with E-state index in [0.717, 1.165) is 37.0 Å². The third kappa shape index (κ3) is 2.78. The van der Waals surface area contributed by atoms with Crippen LogP contribution in [0.1, 0.15) is 44.9 Å². The van der Waals surface area contributed by atoms with Crippen LogP contribution in [-0.4, -0.2) is 25.8 Å². The van der Waals surface area contributed by atoms with Gasteiger partial charge in [-0.15, -0.1) is 0 Å². The molecule has 1 N–H and O–H groups in total. The van der Waals surface area contributed by atoms with Gasteiger partial charge in [-0.2, -0.15) is 0 Å². The number of ether oxygens (including phenoxy) is 1. The van der Waals surface area contributed by atoms with Crippen LogP contribution in [0.4, 0.5) is 0 Å². The van der Waals surface area contributed by atoms with Crippen molar-refractivity contribution in [2.24, 2.45) is 17.8 Å². The molecule has 3 rings (SSSR count). The molecule has 0 spiro atoms. The molecular formula is C14H25NO. The van der Waals surface area contributed by atoms with Gasteiger partial charge >= 0.3 is 0 Å². The lowest BCUT2D eigenvalue weighted by Gasteiger charge is -2.22. The Kier molecular flexibility index (Phi) is 3.49. The van der Waals surface area contributed by atoms with Crippen LogP contribution in [0.15, 0.2) is 0 Å². The first kappa shape index (κ1) is 11.0. The van der Waals surface area contributed by atoms with Gasteiger partial charge in [0, 0.05) is 19.3 Å². The second-order valence-corrected chi connectivity index (χ2v) is 6.11. The van der Waals surface area contributed by atoms with E-state index in [1.807, 2.05) is 0 Å². The Labute approximate surface area is 99.1 Å². The van der Waals surface area contributed by atoms with Crippen molar-refractivity contribution in [3.8, 4) is 0 Å². The number of rotatable bonds is 7. The van der Waals surface area contributed by atoms with Gasteiger partial charge in [-0.3, -0.25) is 0 Å². The van der Waals surface area contributed by atoms with Gasteiger partial charge < -0.3 is 10.1 Å². The second-order valence-electron chi connectivity index (χ2n) is 6.11. The highest BCUT2D eigenvalue weighted by atomic mass is 16.5. The van der Waals surface area contributed by atoms with Crippen LogP contribution >= 0.6 is 0 Å². The molecule has 16 heavy (non-hydrogen) atoms. The fourth-order valence-electron chi connectivity index (χ4n) is 3.49. The normalized spacial score (nSPS) is 37.1. The Bertz CT molecular complexity index is 227. The molecule has 3 fully saturated rings. The monoisotopic (exact) mass is 223 g/mol. The highest BCUT2D eigenvalue weighted by Crippen LogP contribution is 2.44. The molecule has 0 heterocycles. The summed E-state index contributed by atoms with van der Waals surface area (Å²) in [4.78, 5) is 0. The van der Waals surface area contributed by atoms with Crippen molar-refractivity contribution in [1.82, 2.24) is 5.32 Å². The minimum atomic E-state index is 0.849. The van der Waals surface area contributed by atoms with Crippen molar-refractivity contribution in [1.29, 1.82) is 0 Å². The van der Waals surface area contributed by atoms with Gasteiger partial charge in [-0.1, -0.05) is 6.42 Å². The molecule has 0 amide bonds. The topological polar surface area (TPSA) is 21.3 Å². The maximum atomic E-state index is 5.64. The first-order chi connectivity index (χ1) is 7.92. The Morgan fingerprint density at radius 2 is 2.00 bits per heavy atom. The van der Waals surface area contributed by atoms with E-state index in [9.17, 15) is 0 Å². The van der Waals surface area contributed by atoms with Crippen LogP contribution in [0.2, 0.25) is 0 Å². The van der Waals surface area contributed by atoms with Gasteiger partial charge in [-0.25, -0.2) is 0 Å². The fourth-order valence-corrected chi connectivity index (χ4v) is 3.49. The van der Waals surface area contributed by atoms with Crippen molar-refractivity contribution >= 4 is 0 Å². The van der Waals surface area contributed by atoms with E-state index in [1.54, 1.807) is 0 Å². The van der Waals surface area contributed by atoms with Crippen LogP contribution in [0.25, 0.3) is 0 Å². The summed E-state index contributed by atoms with van der Waals surface area (Å²) in [5, 5.41) is 3.74. The largest absolute Gasteiger partial charge is 0.381 e. The average molecular weight is 223 g/mol. The minimum absolute atomic E-state index is 0.849. The lowest BCUT2D eigenvalue weighted by Crippen LogP contribution is -2.34. The van der Waals surface area contributed by atoms with E-state index in [-0.39, 0.29) is 0 Å². The zero-order valence-electron chi connectivity index (χ0n) is 10.3. The van der Waals surface area contributed by atoms with Gasteiger partial charge in [-0.05, 0) is 62.8 Å². The molecule has 3 unspecified atom stereocenters. The standard InChI is InChI=1S/C14H25NO/c1(7-16-10-11-2-3-11)6-15-14-9-12-4-5-13(14)8-12/h11-15H,1-10H2. The molecule has 0 radical (unpaired) electrons. The van der Waals surface area contributed by atoms with Gasteiger partial charge in [0.25, 0.3) is 0 Å². The molecule has 0 saturated heterocycles. The third-order valence-electron chi connectivity index (χ3n) is 4.66. The molecule has 3 aliphatic rings. The molecule has 2 nitrogen and oxygen atoms in total. The smallest absolute Gasteiger partial charge is 0.0494 e. The Morgan fingerprint density at radius 3 is 2.69 bits per heavy atom. The van der Waals surface area contributed by atoms with Crippen LogP contribution < -0.4 is 5.32 Å². The first-order valence-corrected chi connectivity index (χ1v) is 7.23. The summed E-state index contributed by atoms with van der Waals surface area (Å²) in [7, 11) is 0. The molecule has 3 atom stereocenters. The Hall–Kier alpha value is -0.0800. The Balaban J connectivity index is 1.21. The number of nitrogens with one attached hydrogen (secondary N) is 1. The molecule has 3 aliphatic carbocycles. The minimum Gasteiger partial charge on any atom is -0.381 e. The molecule has 3 saturated carbocycles. The van der Waals surface area contributed by atoms with Crippen LogP contribution in [0, 0.1) is 17.8 Å². The molecule has 0 aliphatic heterocycles. The third-order valence-corrected chi connectivity index (χ3v) is 4.66. The maximum Gasteiger partial charge on any atom is 0.0494 e. The SMILES string of the molecule is C(CNC1CC2CCC1C2)COCC1CC1. The molecule has 0 aromatic carbocycles. The van der Waals surface area contributed by atoms with E-state index in [2.05, 4.69) is 5.32 Å². The van der Waals surface area contributed by atoms with Crippen molar-refractivity contribution in [3.63, 3.8) is 0 Å². The number of hydrogen-bond acceptors (Lipinski definition) is 2. The summed E-state index contributed by atoms with van der Waals surface area (Å²) in [6, 6.07) is 0.849. The summed E-state index contributed by atoms with van der Waals surface area (Å²) in [5.41, 5.74) is 0. The fraction of sp³-hybridized carbons (Fsp3) is 1.00. The van der Waals surface area contributed by atoms with Crippen molar-refractivity contribution < 1.29 is 4.74 Å². The zero-order chi connectivity index (χ0) is 10.8. The predicted octanol–water partition coefficient (Wildman–Crippen LogP) is 2.58. The molecule has 2 heteroatoms. The molecule has 2 bridgehead atoms. The highest BCUT2D eigenvalue weighted by molar-refractivity contribution is 4.93. The quantitative estimate of drug-likeness (QED) is 0.670. The highest BCUT2D eigenvalue weighted by Gasteiger charge is 2.38. The van der Waals surface area contributed by atoms with E-state index in [0.29, 0.717) is 0 Å². The van der Waals surface area contributed by atoms with Crippen LogP contribution in [0.3, 0.4) is 0 Å². The lowest BCUT2D eigenvalue weighted by molar-refractivity contribution is 0.121. The summed E-state index contributed by atoms with van der Waals surface area (Å²) in [6.45, 7) is 3.15. The van der Waals surface area contributed by atoms with Crippen molar-refractivity contribution in [3.05, 3.63) is 0 Å². The van der Waals surface area contributed by atoms with E-state index in [4.69, 9.17) is 4.74 Å². The van der Waals surface area contributed by atoms with Gasteiger partial charge in [0.15, 0.2) is 0 Å². The summed E-state index contributed by atoms with van der Waals surface area (Å²) < 4.78 is 5.64. The van der Waals surface area contributed by atoms with Crippen molar-refractivity contribution in [2.75, 3.05) is 19.8 Å². The summed E-state index contributed by atoms with van der Waals surface area (Å²) in [5.74, 6) is 2.99. The molecular weight excluding hydrogens is 198 g/mol. The molecule has 0 aromatic rings. The lowest BCUT2D eigenvalue weighted by atomic mass is 9.95. The van der Waals surface area contributed by atoms with E-state index in [1.165, 1.54) is 51.5 Å². The molecule has 0 aromatic heterocycles. The average Bonchev–Trinajstić information content (AvgIpc) is 2.88. The van der Waals surface area contributed by atoms with E-state index < -0.39 is 0 Å². The van der Waals surface area contributed by atoms with Gasteiger partial charge in [0.05, 0.1) is 0 Å². The van der Waals surface area contributed by atoms with E-state index >= 15 is 0 Å². The maximum absolute atomic E-state index is 5.64. The van der Waals surface area contributed by atoms with Crippen LogP contribution in [-0.2, 0) is 4.74 Å². The first-order valence-electron chi connectivity index (χ1n) is 7.23. The summed E-state index contributed by atoms with van der Waals surface area (Å²) in [6.07, 6.45) is 9.96. The van der Waals surface area contributed by atoms with Crippen LogP contribution in [0.5, 0.6) is 0 Å². The molecule has 92 valence electrons. The number of fused-ring (bicyclic) bond motifs is 2. The summed E-state index contributed by atoms with van der Waals surface area (Å²) >= 11 is 0. The Morgan fingerprint density at radius 1 is 1.06 bits per heavy atom. The van der Waals surface area contributed by atoms with Crippen molar-refractivity contribution in [2.45, 2.75) is 51.0 Å². The predicted molar refractivity (Wildman–Crippen MR) is 65.4 cm³/mol. The number of hydrogen-bond donors (Lipinski definition) is 1. The van der Waals surface area contributed by atoms with Gasteiger partial charge in [0.2, 0.25) is 0 Å².